The Balaban J connectivity index is 1.97. The lowest BCUT2D eigenvalue weighted by Gasteiger charge is -2.09. The molecule has 0 aromatic heterocycles. The lowest BCUT2D eigenvalue weighted by molar-refractivity contribution is -0.129. The van der Waals surface area contributed by atoms with Crippen LogP contribution >= 0.6 is 11.6 Å². The Morgan fingerprint density at radius 3 is 2.86 bits per heavy atom. The monoisotopic (exact) mass is 310 g/mol. The van der Waals surface area contributed by atoms with Gasteiger partial charge in [0.2, 0.25) is 18.6 Å². The fourth-order valence-electron chi connectivity index (χ4n) is 1.64. The summed E-state index contributed by atoms with van der Waals surface area (Å²) in [4.78, 5) is 24.3. The van der Waals surface area contributed by atoms with E-state index in [2.05, 4.69) is 5.32 Å². The van der Waals surface area contributed by atoms with Crippen molar-refractivity contribution in [2.45, 2.75) is 0 Å². The van der Waals surface area contributed by atoms with Gasteiger partial charge in [0.15, 0.2) is 11.5 Å². The molecule has 0 spiro atoms. The summed E-state index contributed by atoms with van der Waals surface area (Å²) in [6, 6.07) is 3.40. The van der Waals surface area contributed by atoms with E-state index in [0.29, 0.717) is 22.1 Å². The number of ether oxygens (including phenoxy) is 2. The molecule has 1 N–H and O–H groups in total. The third kappa shape index (κ3) is 3.88. The Bertz CT molecular complexity index is 599. The van der Waals surface area contributed by atoms with Crippen LogP contribution in [0.25, 0.3) is 6.08 Å². The number of likely N-dealkylation sites (N-methyl/N-ethyl adjacent to an activating group) is 1. The van der Waals surface area contributed by atoms with E-state index in [9.17, 15) is 9.59 Å². The van der Waals surface area contributed by atoms with Crippen molar-refractivity contribution in [2.24, 2.45) is 0 Å². The average Bonchev–Trinajstić information content (AvgIpc) is 2.91. The zero-order chi connectivity index (χ0) is 15.4. The first-order chi connectivity index (χ1) is 9.97. The minimum Gasteiger partial charge on any atom is -0.454 e. The van der Waals surface area contributed by atoms with Crippen LogP contribution in [-0.4, -0.2) is 44.1 Å². The van der Waals surface area contributed by atoms with E-state index in [1.807, 2.05) is 0 Å². The Hall–Kier alpha value is -2.21. The van der Waals surface area contributed by atoms with E-state index >= 15 is 0 Å². The highest BCUT2D eigenvalue weighted by Crippen LogP contribution is 2.39. The number of amides is 2. The molecular weight excluding hydrogens is 296 g/mol. The molecular formula is C14H15ClN2O4. The van der Waals surface area contributed by atoms with Crippen molar-refractivity contribution in [1.82, 2.24) is 10.2 Å². The SMILES string of the molecule is CN(C)C(=O)CNC(=O)/C=C/c1cc(Cl)c2c(c1)OCO2. The van der Waals surface area contributed by atoms with Crippen molar-refractivity contribution in [3.8, 4) is 11.5 Å². The third-order valence-electron chi connectivity index (χ3n) is 2.79. The number of nitrogens with one attached hydrogen (secondary N) is 1. The van der Waals surface area contributed by atoms with Crippen LogP contribution < -0.4 is 14.8 Å². The minimum atomic E-state index is -0.362. The lowest BCUT2D eigenvalue weighted by atomic mass is 10.2. The van der Waals surface area contributed by atoms with Crippen LogP contribution in [0.3, 0.4) is 0 Å². The molecule has 0 saturated carbocycles. The molecule has 0 atom stereocenters. The van der Waals surface area contributed by atoms with Gasteiger partial charge in [-0.15, -0.1) is 0 Å². The van der Waals surface area contributed by atoms with Crippen LogP contribution in [0.5, 0.6) is 11.5 Å². The van der Waals surface area contributed by atoms with Gasteiger partial charge in [0.1, 0.15) is 0 Å². The van der Waals surface area contributed by atoms with E-state index in [4.69, 9.17) is 21.1 Å². The zero-order valence-corrected chi connectivity index (χ0v) is 12.4. The molecule has 1 heterocycles. The first kappa shape index (κ1) is 15.2. The smallest absolute Gasteiger partial charge is 0.244 e. The second-order valence-electron chi connectivity index (χ2n) is 4.58. The molecule has 112 valence electrons. The summed E-state index contributed by atoms with van der Waals surface area (Å²) in [5.41, 5.74) is 0.707. The third-order valence-corrected chi connectivity index (χ3v) is 3.07. The molecule has 0 unspecified atom stereocenters. The number of carbonyl (C=O) groups excluding carboxylic acids is 2. The van der Waals surface area contributed by atoms with Gasteiger partial charge in [0.25, 0.3) is 0 Å². The number of hydrogen-bond acceptors (Lipinski definition) is 4. The highest BCUT2D eigenvalue weighted by molar-refractivity contribution is 6.32. The number of benzene rings is 1. The summed E-state index contributed by atoms with van der Waals surface area (Å²) < 4.78 is 10.4. The molecule has 0 fully saturated rings. The predicted molar refractivity (Wildman–Crippen MR) is 78.3 cm³/mol. The zero-order valence-electron chi connectivity index (χ0n) is 11.7. The van der Waals surface area contributed by atoms with E-state index < -0.39 is 0 Å². The standard InChI is InChI=1S/C14H15ClN2O4/c1-17(2)13(19)7-16-12(18)4-3-9-5-10(15)14-11(6-9)20-8-21-14/h3-6H,7-8H2,1-2H3,(H,16,18)/b4-3+. The van der Waals surface area contributed by atoms with Crippen molar-refractivity contribution >= 4 is 29.5 Å². The average molecular weight is 311 g/mol. The van der Waals surface area contributed by atoms with Crippen LogP contribution in [0.4, 0.5) is 0 Å². The summed E-state index contributed by atoms with van der Waals surface area (Å²) in [6.07, 6.45) is 2.92. The van der Waals surface area contributed by atoms with E-state index in [1.165, 1.54) is 11.0 Å². The predicted octanol–water partition coefficient (Wildman–Crippen LogP) is 1.29. The molecule has 0 bridgehead atoms. The van der Waals surface area contributed by atoms with E-state index in [-0.39, 0.29) is 25.2 Å². The Morgan fingerprint density at radius 2 is 2.14 bits per heavy atom. The summed E-state index contributed by atoms with van der Waals surface area (Å²) in [6.45, 7) is 0.0907. The molecule has 1 aliphatic rings. The minimum absolute atomic E-state index is 0.0436. The second-order valence-corrected chi connectivity index (χ2v) is 4.98. The fourth-order valence-corrected chi connectivity index (χ4v) is 1.91. The molecule has 1 aromatic carbocycles. The first-order valence-corrected chi connectivity index (χ1v) is 6.60. The van der Waals surface area contributed by atoms with Crippen LogP contribution in [0.1, 0.15) is 5.56 Å². The number of halogens is 1. The van der Waals surface area contributed by atoms with Gasteiger partial charge in [0.05, 0.1) is 11.6 Å². The van der Waals surface area contributed by atoms with Gasteiger partial charge >= 0.3 is 0 Å². The molecule has 6 nitrogen and oxygen atoms in total. The van der Waals surface area contributed by atoms with Gasteiger partial charge in [-0.2, -0.15) is 0 Å². The van der Waals surface area contributed by atoms with E-state index in [0.717, 1.165) is 0 Å². The summed E-state index contributed by atoms with van der Waals surface area (Å²) in [5.74, 6) is 0.516. The highest BCUT2D eigenvalue weighted by Gasteiger charge is 2.17. The molecule has 0 aliphatic carbocycles. The van der Waals surface area contributed by atoms with Crippen LogP contribution in [-0.2, 0) is 9.59 Å². The Morgan fingerprint density at radius 1 is 1.38 bits per heavy atom. The van der Waals surface area contributed by atoms with Crippen molar-refractivity contribution in [3.63, 3.8) is 0 Å². The molecule has 0 radical (unpaired) electrons. The van der Waals surface area contributed by atoms with Gasteiger partial charge in [-0.25, -0.2) is 0 Å². The molecule has 21 heavy (non-hydrogen) atoms. The molecule has 1 aromatic rings. The maximum atomic E-state index is 11.6. The second kappa shape index (κ2) is 6.49. The first-order valence-electron chi connectivity index (χ1n) is 6.22. The molecule has 2 rings (SSSR count). The Kier molecular flexibility index (Phi) is 4.70. The number of hydrogen-bond donors (Lipinski definition) is 1. The molecule has 2 amide bonds. The lowest BCUT2D eigenvalue weighted by Crippen LogP contribution is -2.35. The number of fused-ring (bicyclic) bond motifs is 1. The van der Waals surface area contributed by atoms with Gasteiger partial charge < -0.3 is 19.7 Å². The maximum absolute atomic E-state index is 11.6. The maximum Gasteiger partial charge on any atom is 0.244 e. The van der Waals surface area contributed by atoms with Crippen LogP contribution in [0.2, 0.25) is 5.02 Å². The molecule has 0 saturated heterocycles. The molecule has 7 heteroatoms. The van der Waals surface area contributed by atoms with Crippen LogP contribution in [0, 0.1) is 0 Å². The summed E-state index contributed by atoms with van der Waals surface area (Å²) in [7, 11) is 3.25. The number of carbonyl (C=O) groups is 2. The highest BCUT2D eigenvalue weighted by atomic mass is 35.5. The molecule has 1 aliphatic heterocycles. The quantitative estimate of drug-likeness (QED) is 0.851. The summed E-state index contributed by atoms with van der Waals surface area (Å²) >= 11 is 6.04. The fraction of sp³-hybridized carbons (Fsp3) is 0.286. The van der Waals surface area contributed by atoms with Crippen molar-refractivity contribution in [3.05, 3.63) is 28.8 Å². The van der Waals surface area contributed by atoms with Gasteiger partial charge in [0, 0.05) is 20.2 Å². The topological polar surface area (TPSA) is 67.9 Å². The van der Waals surface area contributed by atoms with Crippen LogP contribution in [0.15, 0.2) is 18.2 Å². The number of rotatable bonds is 4. The van der Waals surface area contributed by atoms with Crippen molar-refractivity contribution in [1.29, 1.82) is 0 Å². The van der Waals surface area contributed by atoms with Gasteiger partial charge in [-0.1, -0.05) is 11.6 Å². The largest absolute Gasteiger partial charge is 0.454 e. The van der Waals surface area contributed by atoms with E-state index in [1.54, 1.807) is 32.3 Å². The normalized spacial score (nSPS) is 12.5. The number of nitrogens with zero attached hydrogens (tertiary/aromatic N) is 1. The van der Waals surface area contributed by atoms with Crippen molar-refractivity contribution < 1.29 is 19.1 Å². The van der Waals surface area contributed by atoms with Gasteiger partial charge in [-0.05, 0) is 23.8 Å². The summed E-state index contributed by atoms with van der Waals surface area (Å²) in [5, 5.41) is 2.92. The van der Waals surface area contributed by atoms with Crippen molar-refractivity contribution in [2.75, 3.05) is 27.4 Å². The Labute approximate surface area is 127 Å². The van der Waals surface area contributed by atoms with Gasteiger partial charge in [-0.3, -0.25) is 9.59 Å².